The normalized spacial score (nSPS) is 13.8. The number of alkyl halides is 8. The van der Waals surface area contributed by atoms with Crippen LogP contribution in [0.2, 0.25) is 0 Å². The number of hydrogen-bond donors (Lipinski definition) is 1. The lowest BCUT2D eigenvalue weighted by Gasteiger charge is -2.23. The van der Waals surface area contributed by atoms with Crippen LogP contribution in [-0.2, 0) is 18.2 Å². The van der Waals surface area contributed by atoms with Crippen molar-refractivity contribution in [1.82, 2.24) is 23.7 Å². The quantitative estimate of drug-likeness (QED) is 0.452. The van der Waals surface area contributed by atoms with Gasteiger partial charge >= 0.3 is 18.3 Å². The molecule has 17 heteroatoms. The summed E-state index contributed by atoms with van der Waals surface area (Å²) in [6.45, 7) is -0.598. The number of fused-ring (bicyclic) bond motifs is 1. The van der Waals surface area contributed by atoms with E-state index in [1.54, 1.807) is 0 Å². The molecule has 7 nitrogen and oxygen atoms in total. The van der Waals surface area contributed by atoms with Gasteiger partial charge in [-0.3, -0.25) is 13.9 Å². The van der Waals surface area contributed by atoms with E-state index in [0.29, 0.717) is 16.8 Å². The van der Waals surface area contributed by atoms with Gasteiger partial charge < -0.3 is 9.67 Å². The first-order valence-electron chi connectivity index (χ1n) is 8.77. The average Bonchev–Trinajstić information content (AvgIpc) is 3.15. The Bertz CT molecular complexity index is 1240. The molecule has 0 spiro atoms. The molecule has 0 aliphatic rings. The molecule has 0 amide bonds. The summed E-state index contributed by atoms with van der Waals surface area (Å²) in [4.78, 5) is 16.4. The monoisotopic (exact) mass is 469 g/mol. The minimum absolute atomic E-state index is 0.0878. The molecule has 0 unspecified atom stereocenters. The second kappa shape index (κ2) is 7.08. The fourth-order valence-corrected chi connectivity index (χ4v) is 3.21. The van der Waals surface area contributed by atoms with Gasteiger partial charge in [0.05, 0.1) is 17.3 Å². The van der Waals surface area contributed by atoms with Crippen LogP contribution in [0.3, 0.4) is 0 Å². The highest BCUT2D eigenvalue weighted by Gasteiger charge is 2.57. The lowest BCUT2D eigenvalue weighted by Crippen LogP contribution is -2.40. The van der Waals surface area contributed by atoms with Crippen LogP contribution in [-0.4, -0.2) is 56.6 Å². The van der Waals surface area contributed by atoms with Crippen LogP contribution in [0.15, 0.2) is 23.4 Å². The fourth-order valence-electron chi connectivity index (χ4n) is 3.21. The lowest BCUT2D eigenvalue weighted by molar-refractivity contribution is -0.287. The highest BCUT2D eigenvalue weighted by Crippen LogP contribution is 2.38. The van der Waals surface area contributed by atoms with Crippen molar-refractivity contribution in [2.75, 3.05) is 0 Å². The number of aromatic nitrogens is 5. The Morgan fingerprint density at radius 1 is 1.06 bits per heavy atom. The van der Waals surface area contributed by atoms with Crippen LogP contribution in [0.4, 0.5) is 35.1 Å². The van der Waals surface area contributed by atoms with E-state index in [-0.39, 0.29) is 10.4 Å². The SMILES string of the molecule is BC(B)(O)n1c(C)cn2c(=O)c(-c3cnn(CC(F)(F)C(F)(F)F)c3)c(C(F)(F)F)nc12. The molecule has 172 valence electrons. The predicted octanol–water partition coefficient (Wildman–Crippen LogP) is 0.711. The van der Waals surface area contributed by atoms with Crippen molar-refractivity contribution >= 4 is 21.5 Å². The number of imidazole rings is 1. The van der Waals surface area contributed by atoms with E-state index in [2.05, 4.69) is 10.1 Å². The number of aliphatic hydroxyl groups is 1. The summed E-state index contributed by atoms with van der Waals surface area (Å²) in [5.41, 5.74) is -6.31. The van der Waals surface area contributed by atoms with Crippen LogP contribution in [0.5, 0.6) is 0 Å². The molecule has 0 radical (unpaired) electrons. The van der Waals surface area contributed by atoms with Crippen molar-refractivity contribution in [2.45, 2.75) is 37.3 Å². The summed E-state index contributed by atoms with van der Waals surface area (Å²) in [6.07, 6.45) is -8.97. The van der Waals surface area contributed by atoms with E-state index >= 15 is 0 Å². The summed E-state index contributed by atoms with van der Waals surface area (Å²) >= 11 is 0. The molecule has 3 rings (SSSR count). The summed E-state index contributed by atoms with van der Waals surface area (Å²) < 4.78 is 107. The molecule has 0 saturated heterocycles. The first kappa shape index (κ1) is 23.8. The lowest BCUT2D eigenvalue weighted by atomic mass is 9.73. The van der Waals surface area contributed by atoms with E-state index in [0.717, 1.165) is 10.8 Å². The van der Waals surface area contributed by atoms with Crippen molar-refractivity contribution in [2.24, 2.45) is 0 Å². The molecular formula is C15H13B2F8N5O2. The predicted molar refractivity (Wildman–Crippen MR) is 98.7 cm³/mol. The molecule has 0 atom stereocenters. The Labute approximate surface area is 175 Å². The standard InChI is InChI=1S/C15H13B2F8N5O2/c1-6-3-29-10(31)8(7-2-26-28(4-7)5-12(18,19)14(23,24)25)9(13(20,21)22)27-11(29)30(6)15(16,17)32/h2-4,32H,5,16-17H2,1H3. The smallest absolute Gasteiger partial charge is 0.388 e. The minimum atomic E-state index is -5.91. The van der Waals surface area contributed by atoms with E-state index < -0.39 is 58.5 Å². The van der Waals surface area contributed by atoms with Gasteiger partial charge in [0.2, 0.25) is 5.78 Å². The van der Waals surface area contributed by atoms with Gasteiger partial charge in [-0.25, -0.2) is 4.98 Å². The van der Waals surface area contributed by atoms with Crippen LogP contribution in [0.1, 0.15) is 11.4 Å². The second-order valence-electron chi connectivity index (χ2n) is 7.54. The van der Waals surface area contributed by atoms with Gasteiger partial charge in [-0.05, 0) is 6.92 Å². The summed E-state index contributed by atoms with van der Waals surface area (Å²) in [7, 11) is 2.50. The topological polar surface area (TPSA) is 77.4 Å². The van der Waals surface area contributed by atoms with Crippen molar-refractivity contribution in [3.05, 3.63) is 40.3 Å². The third kappa shape index (κ3) is 4.00. The van der Waals surface area contributed by atoms with E-state index in [1.165, 1.54) is 22.6 Å². The number of halogens is 8. The largest absolute Gasteiger partial charge is 0.455 e. The summed E-state index contributed by atoms with van der Waals surface area (Å²) in [5, 5.41) is 13.5. The van der Waals surface area contributed by atoms with Crippen LogP contribution in [0.25, 0.3) is 16.9 Å². The Morgan fingerprint density at radius 2 is 1.66 bits per heavy atom. The molecule has 3 heterocycles. The zero-order chi connectivity index (χ0) is 24.4. The molecule has 32 heavy (non-hydrogen) atoms. The van der Waals surface area contributed by atoms with E-state index in [4.69, 9.17) is 0 Å². The van der Waals surface area contributed by atoms with Gasteiger partial charge in [-0.1, -0.05) is 0 Å². The summed E-state index contributed by atoms with van der Waals surface area (Å²) in [5.74, 6) is -5.76. The molecule has 3 aromatic heterocycles. The number of rotatable bonds is 4. The molecule has 0 saturated carbocycles. The van der Waals surface area contributed by atoms with Gasteiger partial charge in [-0.2, -0.15) is 40.2 Å². The minimum Gasteiger partial charge on any atom is -0.388 e. The maximum atomic E-state index is 13.7. The van der Waals surface area contributed by atoms with Crippen LogP contribution < -0.4 is 5.56 Å². The highest BCUT2D eigenvalue weighted by molar-refractivity contribution is 6.36. The first-order valence-corrected chi connectivity index (χ1v) is 8.77. The molecule has 0 aliphatic carbocycles. The van der Waals surface area contributed by atoms with Gasteiger partial charge in [0, 0.05) is 23.7 Å². The zero-order valence-electron chi connectivity index (χ0n) is 16.6. The Kier molecular flexibility index (Phi) is 5.27. The molecule has 0 aromatic carbocycles. The summed E-state index contributed by atoms with van der Waals surface area (Å²) in [6, 6.07) is 0. The second-order valence-corrected chi connectivity index (χ2v) is 7.54. The molecule has 3 aromatic rings. The van der Waals surface area contributed by atoms with Gasteiger partial charge in [0.15, 0.2) is 21.4 Å². The maximum absolute atomic E-state index is 13.7. The van der Waals surface area contributed by atoms with Crippen molar-refractivity contribution in [3.8, 4) is 11.1 Å². The maximum Gasteiger partial charge on any atom is 0.455 e. The van der Waals surface area contributed by atoms with Gasteiger partial charge in [0.25, 0.3) is 5.56 Å². The third-order valence-electron chi connectivity index (χ3n) is 4.48. The van der Waals surface area contributed by atoms with Gasteiger partial charge in [-0.15, -0.1) is 0 Å². The fraction of sp³-hybridized carbons (Fsp3) is 0.400. The number of hydrogen-bond acceptors (Lipinski definition) is 4. The van der Waals surface area contributed by atoms with Crippen LogP contribution >= 0.6 is 0 Å². The van der Waals surface area contributed by atoms with Crippen LogP contribution in [0, 0.1) is 6.92 Å². The molecule has 0 fully saturated rings. The van der Waals surface area contributed by atoms with Crippen molar-refractivity contribution in [3.63, 3.8) is 0 Å². The first-order chi connectivity index (χ1) is 14.3. The van der Waals surface area contributed by atoms with Crippen molar-refractivity contribution in [1.29, 1.82) is 0 Å². The highest BCUT2D eigenvalue weighted by atomic mass is 19.4. The molecule has 1 N–H and O–H groups in total. The van der Waals surface area contributed by atoms with E-state index in [1.807, 2.05) is 0 Å². The van der Waals surface area contributed by atoms with E-state index in [9.17, 15) is 45.0 Å². The third-order valence-corrected chi connectivity index (χ3v) is 4.48. The Hall–Kier alpha value is -2.84. The molecular weight excluding hydrogens is 456 g/mol. The number of nitrogens with zero attached hydrogens (tertiary/aromatic N) is 5. The Morgan fingerprint density at radius 3 is 2.16 bits per heavy atom. The molecule has 0 aliphatic heterocycles. The Balaban J connectivity index is 2.25. The van der Waals surface area contributed by atoms with Crippen molar-refractivity contribution < 1.29 is 40.2 Å². The number of aryl methyl sites for hydroxylation is 1. The molecule has 0 bridgehead atoms. The van der Waals surface area contributed by atoms with Gasteiger partial charge in [0.1, 0.15) is 6.54 Å². The average molecular weight is 469 g/mol. The zero-order valence-corrected chi connectivity index (χ0v) is 16.6.